The molecular formula is C21H24ClN3O. The Labute approximate surface area is 160 Å². The molecule has 0 aliphatic carbocycles. The van der Waals surface area contributed by atoms with Gasteiger partial charge in [0.2, 0.25) is 0 Å². The lowest BCUT2D eigenvalue weighted by atomic mass is 10.1. The summed E-state index contributed by atoms with van der Waals surface area (Å²) in [6.07, 6.45) is 2.59. The van der Waals surface area contributed by atoms with E-state index in [4.69, 9.17) is 11.6 Å². The van der Waals surface area contributed by atoms with E-state index in [0.29, 0.717) is 10.6 Å². The topological polar surface area (TPSA) is 26.8 Å². The molecule has 0 aromatic heterocycles. The lowest BCUT2D eigenvalue weighted by molar-refractivity contribution is 0.0747. The monoisotopic (exact) mass is 369 g/mol. The van der Waals surface area contributed by atoms with E-state index in [9.17, 15) is 4.79 Å². The first kappa shape index (κ1) is 17.2. The minimum absolute atomic E-state index is 0.0662. The molecule has 0 unspecified atom stereocenters. The quantitative estimate of drug-likeness (QED) is 0.820. The molecule has 136 valence electrons. The Morgan fingerprint density at radius 1 is 0.769 bits per heavy atom. The normalized spacial score (nSPS) is 17.7. The van der Waals surface area contributed by atoms with Crippen LogP contribution >= 0.6 is 11.6 Å². The average Bonchev–Trinajstić information content (AvgIpc) is 3.23. The summed E-state index contributed by atoms with van der Waals surface area (Å²) >= 11 is 6.01. The van der Waals surface area contributed by atoms with Crippen LogP contribution in [0.25, 0.3) is 0 Å². The first-order valence-corrected chi connectivity index (χ1v) is 9.73. The molecular weight excluding hydrogens is 346 g/mol. The number of halogens is 1. The van der Waals surface area contributed by atoms with Crippen molar-refractivity contribution in [3.63, 3.8) is 0 Å². The summed E-state index contributed by atoms with van der Waals surface area (Å²) in [5, 5.41) is 0.604. The van der Waals surface area contributed by atoms with Crippen molar-refractivity contribution in [1.82, 2.24) is 4.90 Å². The Balaban J connectivity index is 1.36. The molecule has 4 rings (SSSR count). The molecule has 0 bridgehead atoms. The number of amides is 1. The molecule has 0 radical (unpaired) electrons. The highest BCUT2D eigenvalue weighted by molar-refractivity contribution is 6.30. The van der Waals surface area contributed by atoms with Crippen molar-refractivity contribution >= 4 is 28.9 Å². The molecule has 0 saturated carbocycles. The number of nitrogens with zero attached hydrogens (tertiary/aromatic N) is 3. The highest BCUT2D eigenvalue weighted by atomic mass is 35.5. The first-order chi connectivity index (χ1) is 12.7. The van der Waals surface area contributed by atoms with Crippen LogP contribution in [0, 0.1) is 0 Å². The van der Waals surface area contributed by atoms with Crippen LogP contribution in [0.2, 0.25) is 5.02 Å². The number of hydrogen-bond acceptors (Lipinski definition) is 3. The molecule has 0 spiro atoms. The summed E-state index contributed by atoms with van der Waals surface area (Å²) in [7, 11) is 0. The van der Waals surface area contributed by atoms with Gasteiger partial charge in [0, 0.05) is 61.2 Å². The Morgan fingerprint density at radius 3 is 1.92 bits per heavy atom. The number of rotatable bonds is 3. The van der Waals surface area contributed by atoms with Crippen molar-refractivity contribution in [2.75, 3.05) is 49.1 Å². The van der Waals surface area contributed by atoms with Crippen LogP contribution in [0.4, 0.5) is 11.4 Å². The highest BCUT2D eigenvalue weighted by Crippen LogP contribution is 2.25. The van der Waals surface area contributed by atoms with Gasteiger partial charge in [-0.15, -0.1) is 0 Å². The molecule has 2 heterocycles. The largest absolute Gasteiger partial charge is 0.372 e. The minimum atomic E-state index is 0.0662. The summed E-state index contributed by atoms with van der Waals surface area (Å²) in [6, 6.07) is 16.1. The van der Waals surface area contributed by atoms with Gasteiger partial charge in [-0.2, -0.15) is 0 Å². The second-order valence-electron chi connectivity index (χ2n) is 7.00. The third kappa shape index (κ3) is 3.65. The summed E-state index contributed by atoms with van der Waals surface area (Å²) in [4.78, 5) is 19.4. The molecule has 1 amide bonds. The number of anilines is 2. The van der Waals surface area contributed by atoms with E-state index in [0.717, 1.165) is 26.2 Å². The van der Waals surface area contributed by atoms with E-state index in [-0.39, 0.29) is 5.91 Å². The first-order valence-electron chi connectivity index (χ1n) is 9.35. The highest BCUT2D eigenvalue weighted by Gasteiger charge is 2.22. The molecule has 4 nitrogen and oxygen atoms in total. The molecule has 26 heavy (non-hydrogen) atoms. The van der Waals surface area contributed by atoms with Gasteiger partial charge < -0.3 is 14.7 Å². The van der Waals surface area contributed by atoms with Gasteiger partial charge >= 0.3 is 0 Å². The molecule has 2 aromatic rings. The Morgan fingerprint density at radius 2 is 1.35 bits per heavy atom. The summed E-state index contributed by atoms with van der Waals surface area (Å²) in [6.45, 7) is 5.52. The molecule has 2 fully saturated rings. The van der Waals surface area contributed by atoms with Crippen LogP contribution in [0.1, 0.15) is 23.2 Å². The molecule has 0 N–H and O–H groups in total. The second kappa shape index (κ2) is 7.58. The van der Waals surface area contributed by atoms with Crippen LogP contribution in [0.5, 0.6) is 0 Å². The van der Waals surface area contributed by atoms with E-state index >= 15 is 0 Å². The smallest absolute Gasteiger partial charge is 0.254 e. The van der Waals surface area contributed by atoms with Crippen molar-refractivity contribution in [2.45, 2.75) is 12.8 Å². The Bertz CT molecular complexity index is 763. The van der Waals surface area contributed by atoms with Crippen LogP contribution < -0.4 is 9.80 Å². The number of carbonyl (C=O) groups excluding carboxylic acids is 1. The third-order valence-electron chi connectivity index (χ3n) is 5.32. The van der Waals surface area contributed by atoms with Crippen molar-refractivity contribution < 1.29 is 4.79 Å². The summed E-state index contributed by atoms with van der Waals surface area (Å²) in [5.41, 5.74) is 3.23. The van der Waals surface area contributed by atoms with E-state index in [1.807, 2.05) is 17.0 Å². The third-order valence-corrected chi connectivity index (χ3v) is 5.56. The van der Waals surface area contributed by atoms with E-state index in [1.165, 1.54) is 37.3 Å². The molecule has 0 atom stereocenters. The molecule has 2 aliphatic heterocycles. The predicted octanol–water partition coefficient (Wildman–Crippen LogP) is 3.90. The number of piperazine rings is 1. The maximum Gasteiger partial charge on any atom is 0.254 e. The van der Waals surface area contributed by atoms with Crippen LogP contribution in [-0.2, 0) is 0 Å². The van der Waals surface area contributed by atoms with Gasteiger partial charge in [0.15, 0.2) is 0 Å². The van der Waals surface area contributed by atoms with Crippen molar-refractivity contribution in [2.24, 2.45) is 0 Å². The second-order valence-corrected chi connectivity index (χ2v) is 7.44. The van der Waals surface area contributed by atoms with Crippen LogP contribution in [0.3, 0.4) is 0 Å². The minimum Gasteiger partial charge on any atom is -0.372 e. The van der Waals surface area contributed by atoms with Gasteiger partial charge in [-0.1, -0.05) is 17.7 Å². The summed E-state index contributed by atoms with van der Waals surface area (Å²) < 4.78 is 0. The zero-order valence-corrected chi connectivity index (χ0v) is 15.7. The van der Waals surface area contributed by atoms with Gasteiger partial charge in [0.1, 0.15) is 0 Å². The molecule has 2 aliphatic rings. The molecule has 2 saturated heterocycles. The van der Waals surface area contributed by atoms with E-state index < -0.39 is 0 Å². The van der Waals surface area contributed by atoms with Crippen LogP contribution in [-0.4, -0.2) is 50.1 Å². The maximum atomic E-state index is 12.6. The lowest BCUT2D eigenvalue weighted by Crippen LogP contribution is -2.48. The van der Waals surface area contributed by atoms with Gasteiger partial charge in [0.05, 0.1) is 0 Å². The zero-order chi connectivity index (χ0) is 17.9. The van der Waals surface area contributed by atoms with Gasteiger partial charge in [-0.05, 0) is 55.3 Å². The Kier molecular flexibility index (Phi) is 5.02. The number of benzene rings is 2. The SMILES string of the molecule is O=C(c1cccc(Cl)c1)N1CCN(c2ccc(N3CCCC3)cc2)CC1. The van der Waals surface area contributed by atoms with Crippen molar-refractivity contribution in [1.29, 1.82) is 0 Å². The predicted molar refractivity (Wildman–Crippen MR) is 107 cm³/mol. The van der Waals surface area contributed by atoms with Crippen molar-refractivity contribution in [3.8, 4) is 0 Å². The standard InChI is InChI=1S/C21H24ClN3O/c22-18-5-3-4-17(16-18)21(26)25-14-12-24(13-15-25)20-8-6-19(7-9-20)23-10-1-2-11-23/h3-9,16H,1-2,10-15H2. The fourth-order valence-electron chi connectivity index (χ4n) is 3.82. The maximum absolute atomic E-state index is 12.6. The Hall–Kier alpha value is -2.20. The number of hydrogen-bond donors (Lipinski definition) is 0. The van der Waals surface area contributed by atoms with E-state index in [1.54, 1.807) is 12.1 Å². The summed E-state index contributed by atoms with van der Waals surface area (Å²) in [5.74, 6) is 0.0662. The van der Waals surface area contributed by atoms with Crippen molar-refractivity contribution in [3.05, 3.63) is 59.1 Å². The van der Waals surface area contributed by atoms with Crippen LogP contribution in [0.15, 0.2) is 48.5 Å². The van der Waals surface area contributed by atoms with Gasteiger partial charge in [-0.25, -0.2) is 0 Å². The van der Waals surface area contributed by atoms with Gasteiger partial charge in [-0.3, -0.25) is 4.79 Å². The molecule has 2 aromatic carbocycles. The van der Waals surface area contributed by atoms with E-state index in [2.05, 4.69) is 34.1 Å². The average molecular weight is 370 g/mol. The number of carbonyl (C=O) groups is 1. The molecule has 5 heteroatoms. The fourth-order valence-corrected chi connectivity index (χ4v) is 4.01. The van der Waals surface area contributed by atoms with Gasteiger partial charge in [0.25, 0.3) is 5.91 Å². The fraction of sp³-hybridized carbons (Fsp3) is 0.381. The lowest BCUT2D eigenvalue weighted by Gasteiger charge is -2.36. The zero-order valence-electron chi connectivity index (χ0n) is 14.9.